The molecular formula is C27H31Cl2N3O4S. The Kier molecular flexibility index (Phi) is 8.90. The van der Waals surface area contributed by atoms with Gasteiger partial charge in [-0.25, -0.2) is 8.42 Å². The highest BCUT2D eigenvalue weighted by Crippen LogP contribution is 2.25. The highest BCUT2D eigenvalue weighted by Gasteiger charge is 2.32. The molecule has 3 aromatic rings. The van der Waals surface area contributed by atoms with Crippen LogP contribution < -0.4 is 5.32 Å². The number of sulfonamides is 1. The summed E-state index contributed by atoms with van der Waals surface area (Å²) in [5.41, 5.74) is 0.0589. The fourth-order valence-electron chi connectivity index (χ4n) is 3.76. The molecule has 7 nitrogen and oxygen atoms in total. The van der Waals surface area contributed by atoms with E-state index in [9.17, 15) is 18.0 Å². The monoisotopic (exact) mass is 563 g/mol. The first-order valence-electron chi connectivity index (χ1n) is 11.7. The Hall–Kier alpha value is -2.65. The SMILES string of the molecule is C[C@@H](C(=O)NC(C)(C)C)N(Cc1ccc(Cl)cc1Cl)C(=O)CN(C)S(=O)(=O)c1ccc2ccccc2c1. The second-order valence-electron chi connectivity index (χ2n) is 9.94. The van der Waals surface area contributed by atoms with Gasteiger partial charge in [0.15, 0.2) is 0 Å². The third-order valence-electron chi connectivity index (χ3n) is 5.81. The van der Waals surface area contributed by atoms with Crippen molar-refractivity contribution < 1.29 is 18.0 Å². The number of hydrogen-bond acceptors (Lipinski definition) is 4. The van der Waals surface area contributed by atoms with Crippen molar-refractivity contribution in [2.45, 2.75) is 50.7 Å². The average Bonchev–Trinajstić information content (AvgIpc) is 2.81. The number of carbonyl (C=O) groups is 2. The van der Waals surface area contributed by atoms with Gasteiger partial charge < -0.3 is 10.2 Å². The number of halogens is 2. The number of fused-ring (bicyclic) bond motifs is 1. The minimum atomic E-state index is -3.98. The maximum Gasteiger partial charge on any atom is 0.243 e. The predicted octanol–water partition coefficient (Wildman–Crippen LogP) is 5.10. The smallest absolute Gasteiger partial charge is 0.243 e. The summed E-state index contributed by atoms with van der Waals surface area (Å²) in [4.78, 5) is 27.9. The van der Waals surface area contributed by atoms with Crippen LogP contribution in [0.4, 0.5) is 0 Å². The molecule has 0 aliphatic carbocycles. The van der Waals surface area contributed by atoms with Gasteiger partial charge >= 0.3 is 0 Å². The molecule has 37 heavy (non-hydrogen) atoms. The summed E-state index contributed by atoms with van der Waals surface area (Å²) in [6.45, 7) is 6.64. The van der Waals surface area contributed by atoms with Gasteiger partial charge in [-0.2, -0.15) is 4.31 Å². The van der Waals surface area contributed by atoms with Gasteiger partial charge in [0.2, 0.25) is 21.8 Å². The van der Waals surface area contributed by atoms with Crippen LogP contribution in [0.2, 0.25) is 10.0 Å². The van der Waals surface area contributed by atoms with E-state index in [-0.39, 0.29) is 17.3 Å². The van der Waals surface area contributed by atoms with Crippen LogP contribution in [0.15, 0.2) is 65.6 Å². The van der Waals surface area contributed by atoms with Crippen LogP contribution in [0.1, 0.15) is 33.3 Å². The van der Waals surface area contributed by atoms with Crippen molar-refractivity contribution >= 4 is 55.8 Å². The summed E-state index contributed by atoms with van der Waals surface area (Å²) < 4.78 is 27.6. The molecule has 0 aliphatic rings. The van der Waals surface area contributed by atoms with Crippen LogP contribution in [0.3, 0.4) is 0 Å². The van der Waals surface area contributed by atoms with Crippen LogP contribution >= 0.6 is 23.2 Å². The van der Waals surface area contributed by atoms with Crippen molar-refractivity contribution in [1.29, 1.82) is 0 Å². The van der Waals surface area contributed by atoms with Crippen LogP contribution in [0.25, 0.3) is 10.8 Å². The van der Waals surface area contributed by atoms with Crippen LogP contribution in [-0.2, 0) is 26.2 Å². The molecule has 0 bridgehead atoms. The summed E-state index contributed by atoms with van der Waals surface area (Å²) >= 11 is 12.4. The quantitative estimate of drug-likeness (QED) is 0.413. The molecule has 0 unspecified atom stereocenters. The Morgan fingerprint density at radius 1 is 0.973 bits per heavy atom. The van der Waals surface area contributed by atoms with Gasteiger partial charge in [0.1, 0.15) is 6.04 Å². The Labute approximate surface area is 228 Å². The zero-order valence-corrected chi connectivity index (χ0v) is 23.8. The molecule has 1 N–H and O–H groups in total. The molecule has 3 aromatic carbocycles. The van der Waals surface area contributed by atoms with Gasteiger partial charge in [0.05, 0.1) is 11.4 Å². The van der Waals surface area contributed by atoms with E-state index in [0.717, 1.165) is 15.1 Å². The molecule has 2 amide bonds. The van der Waals surface area contributed by atoms with Gasteiger partial charge in [-0.05, 0) is 68.3 Å². The number of amides is 2. The van der Waals surface area contributed by atoms with Crippen molar-refractivity contribution in [2.24, 2.45) is 0 Å². The van der Waals surface area contributed by atoms with E-state index < -0.39 is 34.1 Å². The lowest BCUT2D eigenvalue weighted by Gasteiger charge is -2.32. The topological polar surface area (TPSA) is 86.8 Å². The summed E-state index contributed by atoms with van der Waals surface area (Å²) in [6.07, 6.45) is 0. The number of nitrogens with zero attached hydrogens (tertiary/aromatic N) is 2. The molecule has 0 saturated carbocycles. The molecule has 10 heteroatoms. The normalized spacial score (nSPS) is 13.0. The molecule has 0 heterocycles. The van der Waals surface area contributed by atoms with Crippen molar-refractivity contribution in [1.82, 2.24) is 14.5 Å². The van der Waals surface area contributed by atoms with E-state index in [1.807, 2.05) is 45.0 Å². The molecule has 3 rings (SSSR count). The summed E-state index contributed by atoms with van der Waals surface area (Å²) in [7, 11) is -2.64. The Bertz CT molecular complexity index is 1420. The lowest BCUT2D eigenvalue weighted by Crippen LogP contribution is -2.54. The van der Waals surface area contributed by atoms with Crippen molar-refractivity contribution in [2.75, 3.05) is 13.6 Å². The Morgan fingerprint density at radius 3 is 2.24 bits per heavy atom. The minimum Gasteiger partial charge on any atom is -0.350 e. The van der Waals surface area contributed by atoms with E-state index in [1.165, 1.54) is 18.0 Å². The maximum atomic E-state index is 13.5. The number of benzene rings is 3. The van der Waals surface area contributed by atoms with Gasteiger partial charge in [0, 0.05) is 29.2 Å². The number of likely N-dealkylation sites (N-methyl/N-ethyl adjacent to an activating group) is 1. The maximum absolute atomic E-state index is 13.5. The molecule has 0 fully saturated rings. The van der Waals surface area contributed by atoms with Crippen molar-refractivity contribution in [3.63, 3.8) is 0 Å². The van der Waals surface area contributed by atoms with Crippen LogP contribution in [0, 0.1) is 0 Å². The minimum absolute atomic E-state index is 0.00255. The lowest BCUT2D eigenvalue weighted by atomic mass is 10.1. The highest BCUT2D eigenvalue weighted by atomic mass is 35.5. The molecule has 0 saturated heterocycles. The third-order valence-corrected chi connectivity index (χ3v) is 8.19. The van der Waals surface area contributed by atoms with Gasteiger partial charge in [0.25, 0.3) is 0 Å². The third kappa shape index (κ3) is 7.23. The molecule has 0 aliphatic heterocycles. The molecule has 1 atom stereocenters. The zero-order valence-electron chi connectivity index (χ0n) is 21.5. The van der Waals surface area contributed by atoms with E-state index in [1.54, 1.807) is 37.3 Å². The molecule has 198 valence electrons. The Morgan fingerprint density at radius 2 is 1.62 bits per heavy atom. The second kappa shape index (κ2) is 11.4. The largest absolute Gasteiger partial charge is 0.350 e. The van der Waals surface area contributed by atoms with Gasteiger partial charge in [-0.1, -0.05) is 59.6 Å². The Balaban J connectivity index is 1.89. The van der Waals surface area contributed by atoms with Gasteiger partial charge in [-0.3, -0.25) is 9.59 Å². The predicted molar refractivity (Wildman–Crippen MR) is 148 cm³/mol. The van der Waals surface area contributed by atoms with Crippen molar-refractivity contribution in [3.05, 3.63) is 76.3 Å². The molecule has 0 spiro atoms. The first kappa shape index (κ1) is 28.9. The molecule has 0 radical (unpaired) electrons. The van der Waals surface area contributed by atoms with Crippen LogP contribution in [0.5, 0.6) is 0 Å². The van der Waals surface area contributed by atoms with E-state index >= 15 is 0 Å². The van der Waals surface area contributed by atoms with Crippen molar-refractivity contribution in [3.8, 4) is 0 Å². The van der Waals surface area contributed by atoms with Gasteiger partial charge in [-0.15, -0.1) is 0 Å². The second-order valence-corrected chi connectivity index (χ2v) is 12.8. The average molecular weight is 565 g/mol. The standard InChI is InChI=1S/C27H31Cl2N3O4S/c1-18(26(34)30-27(2,3)4)32(16-21-10-12-22(28)15-24(21)29)25(33)17-31(5)37(35,36)23-13-11-19-8-6-7-9-20(19)14-23/h6-15,18H,16-17H2,1-5H3,(H,30,34)/t18-/m0/s1. The van der Waals surface area contributed by atoms with E-state index in [4.69, 9.17) is 23.2 Å². The summed E-state index contributed by atoms with van der Waals surface area (Å²) in [5.74, 6) is -0.916. The summed E-state index contributed by atoms with van der Waals surface area (Å²) in [6, 6.07) is 16.2. The van der Waals surface area contributed by atoms with E-state index in [0.29, 0.717) is 15.6 Å². The molecule has 0 aromatic heterocycles. The number of nitrogens with one attached hydrogen (secondary N) is 1. The zero-order chi connectivity index (χ0) is 27.5. The summed E-state index contributed by atoms with van der Waals surface area (Å²) in [5, 5.41) is 5.33. The number of hydrogen-bond donors (Lipinski definition) is 1. The number of rotatable bonds is 8. The first-order valence-corrected chi connectivity index (χ1v) is 13.9. The van der Waals surface area contributed by atoms with Crippen LogP contribution in [-0.4, -0.2) is 54.6 Å². The number of carbonyl (C=O) groups excluding carboxylic acids is 2. The van der Waals surface area contributed by atoms with E-state index in [2.05, 4.69) is 5.32 Å². The highest BCUT2D eigenvalue weighted by molar-refractivity contribution is 7.89. The fraction of sp³-hybridized carbons (Fsp3) is 0.333. The molecular weight excluding hydrogens is 533 g/mol. The first-order chi connectivity index (χ1) is 17.2. The lowest BCUT2D eigenvalue weighted by molar-refractivity contribution is -0.141. The fourth-order valence-corrected chi connectivity index (χ4v) is 5.39.